The van der Waals surface area contributed by atoms with E-state index in [0.717, 1.165) is 0 Å². The van der Waals surface area contributed by atoms with Crippen molar-refractivity contribution >= 4 is 17.5 Å². The highest BCUT2D eigenvalue weighted by Gasteiger charge is 2.49. The molecule has 7 heteroatoms. The van der Waals surface area contributed by atoms with Crippen molar-refractivity contribution < 1.29 is 33.7 Å². The highest BCUT2D eigenvalue weighted by atomic mass is 16.6. The number of carbonyl (C=O) groups excluding carboxylic acids is 3. The smallest absolute Gasteiger partial charge is 0.343 e. The molecule has 0 aromatic heterocycles. The lowest BCUT2D eigenvalue weighted by molar-refractivity contribution is -0.145. The van der Waals surface area contributed by atoms with Gasteiger partial charge < -0.3 is 19.3 Å². The quantitative estimate of drug-likeness (QED) is 0.617. The van der Waals surface area contributed by atoms with Crippen molar-refractivity contribution in [2.24, 2.45) is 0 Å². The molecule has 0 fully saturated rings. The Morgan fingerprint density at radius 3 is 2.62 bits per heavy atom. The van der Waals surface area contributed by atoms with Gasteiger partial charge in [-0.1, -0.05) is 6.08 Å². The van der Waals surface area contributed by atoms with Gasteiger partial charge >= 0.3 is 5.97 Å². The summed E-state index contributed by atoms with van der Waals surface area (Å²) in [6.45, 7) is 4.64. The van der Waals surface area contributed by atoms with E-state index in [4.69, 9.17) is 14.2 Å². The fourth-order valence-corrected chi connectivity index (χ4v) is 3.16. The first-order valence-electron chi connectivity index (χ1n) is 8.84. The average Bonchev–Trinajstić information content (AvgIpc) is 2.66. The molecular formula is C22H20O7. The van der Waals surface area contributed by atoms with E-state index in [0.29, 0.717) is 16.9 Å². The normalized spacial score (nSPS) is 21.0. The average molecular weight is 396 g/mol. The van der Waals surface area contributed by atoms with Gasteiger partial charge in [0.1, 0.15) is 29.1 Å². The third kappa shape index (κ3) is 3.47. The van der Waals surface area contributed by atoms with Crippen molar-refractivity contribution in [3.63, 3.8) is 0 Å². The molecule has 0 radical (unpaired) electrons. The van der Waals surface area contributed by atoms with Gasteiger partial charge in [0.25, 0.3) is 0 Å². The summed E-state index contributed by atoms with van der Waals surface area (Å²) in [5.41, 5.74) is -1.11. The van der Waals surface area contributed by atoms with Crippen LogP contribution in [0.4, 0.5) is 0 Å². The van der Waals surface area contributed by atoms with Crippen LogP contribution in [0.2, 0.25) is 0 Å². The maximum absolute atomic E-state index is 13.0. The number of esters is 1. The predicted molar refractivity (Wildman–Crippen MR) is 103 cm³/mol. The monoisotopic (exact) mass is 396 g/mol. The molecule has 1 aliphatic carbocycles. The van der Waals surface area contributed by atoms with Gasteiger partial charge in [0.2, 0.25) is 17.2 Å². The van der Waals surface area contributed by atoms with E-state index in [1.807, 2.05) is 6.92 Å². The largest absolute Gasteiger partial charge is 0.508 e. The Kier molecular flexibility index (Phi) is 5.16. The summed E-state index contributed by atoms with van der Waals surface area (Å²) < 4.78 is 15.9. The minimum atomic E-state index is -2.04. The summed E-state index contributed by atoms with van der Waals surface area (Å²) in [6, 6.07) is 2.61. The van der Waals surface area contributed by atoms with Gasteiger partial charge in [0.05, 0.1) is 12.7 Å². The van der Waals surface area contributed by atoms with Crippen LogP contribution in [0.15, 0.2) is 59.6 Å². The Labute approximate surface area is 167 Å². The number of allylic oxidation sites excluding steroid dienone is 4. The summed E-state index contributed by atoms with van der Waals surface area (Å²) in [7, 11) is 1.33. The number of ether oxygens (including phenoxy) is 3. The molecule has 7 nitrogen and oxygen atoms in total. The molecule has 150 valence electrons. The number of rotatable bonds is 4. The number of hydrogen-bond acceptors (Lipinski definition) is 7. The van der Waals surface area contributed by atoms with E-state index in [9.17, 15) is 19.5 Å². The lowest BCUT2D eigenvalue weighted by atomic mass is 9.80. The second-order valence-electron chi connectivity index (χ2n) is 6.75. The minimum Gasteiger partial charge on any atom is -0.508 e. The van der Waals surface area contributed by atoms with Crippen LogP contribution < -0.4 is 4.74 Å². The first-order chi connectivity index (χ1) is 13.7. The van der Waals surface area contributed by atoms with Crippen molar-refractivity contribution in [2.45, 2.75) is 26.4 Å². The topological polar surface area (TPSA) is 99.1 Å². The van der Waals surface area contributed by atoms with Crippen molar-refractivity contribution in [2.75, 3.05) is 7.11 Å². The Balaban J connectivity index is 1.98. The molecule has 0 spiro atoms. The molecule has 1 aliphatic heterocycles. The molecule has 3 rings (SSSR count). The SMILES string of the molecule is C/C=C/C1=CC2=CC(=O)[C@@](C)(OC(=O)c3c(C)cc(O)cc3OC)C(=O)C2=CO1. The van der Waals surface area contributed by atoms with Crippen LogP contribution in [-0.2, 0) is 19.1 Å². The molecule has 0 saturated carbocycles. The molecular weight excluding hydrogens is 376 g/mol. The van der Waals surface area contributed by atoms with Crippen molar-refractivity contribution in [3.8, 4) is 11.5 Å². The molecule has 0 saturated heterocycles. The molecule has 0 bridgehead atoms. The van der Waals surface area contributed by atoms with Crippen LogP contribution in [0.3, 0.4) is 0 Å². The van der Waals surface area contributed by atoms with E-state index >= 15 is 0 Å². The Morgan fingerprint density at radius 2 is 1.97 bits per heavy atom. The summed E-state index contributed by atoms with van der Waals surface area (Å²) in [4.78, 5) is 38.6. The first-order valence-corrected chi connectivity index (χ1v) is 8.84. The summed E-state index contributed by atoms with van der Waals surface area (Å²) in [5.74, 6) is -1.79. The lowest BCUT2D eigenvalue weighted by Crippen LogP contribution is -2.50. The zero-order valence-corrected chi connectivity index (χ0v) is 16.4. The highest BCUT2D eigenvalue weighted by Crippen LogP contribution is 2.35. The third-order valence-electron chi connectivity index (χ3n) is 4.69. The predicted octanol–water partition coefficient (Wildman–Crippen LogP) is 3.08. The number of aryl methyl sites for hydroxylation is 1. The van der Waals surface area contributed by atoms with Crippen LogP contribution in [0.25, 0.3) is 0 Å². The van der Waals surface area contributed by atoms with Crippen molar-refractivity contribution in [1.29, 1.82) is 0 Å². The van der Waals surface area contributed by atoms with Gasteiger partial charge in [-0.05, 0) is 56.2 Å². The van der Waals surface area contributed by atoms with Crippen molar-refractivity contribution in [3.05, 3.63) is 70.7 Å². The third-order valence-corrected chi connectivity index (χ3v) is 4.69. The van der Waals surface area contributed by atoms with Gasteiger partial charge in [-0.15, -0.1) is 0 Å². The van der Waals surface area contributed by atoms with Gasteiger partial charge in [-0.3, -0.25) is 9.59 Å². The van der Waals surface area contributed by atoms with E-state index in [-0.39, 0.29) is 22.6 Å². The number of carbonyl (C=O) groups is 3. The van der Waals surface area contributed by atoms with E-state index in [1.165, 1.54) is 38.5 Å². The zero-order chi connectivity index (χ0) is 21.3. The van der Waals surface area contributed by atoms with Crippen LogP contribution in [0.1, 0.15) is 29.8 Å². The zero-order valence-electron chi connectivity index (χ0n) is 16.4. The molecule has 2 aliphatic rings. The van der Waals surface area contributed by atoms with E-state index in [1.54, 1.807) is 25.2 Å². The minimum absolute atomic E-state index is 0.0195. The molecule has 0 amide bonds. The van der Waals surface area contributed by atoms with E-state index < -0.39 is 23.1 Å². The summed E-state index contributed by atoms with van der Waals surface area (Å²) >= 11 is 0. The lowest BCUT2D eigenvalue weighted by Gasteiger charge is -2.31. The van der Waals surface area contributed by atoms with Crippen LogP contribution in [0, 0.1) is 6.92 Å². The standard InChI is InChI=1S/C22H20O7/c1-5-6-15-8-13-9-18(24)22(3,20(25)16(13)11-28-15)29-21(26)19-12(2)7-14(23)10-17(19)27-4/h5-11,23H,1-4H3/b6-5+/t22-/m1/s1. The Hall–Kier alpha value is -3.61. The number of Topliss-reactive ketones (excluding diaryl/α,β-unsaturated/α-hetero) is 1. The fraction of sp³-hybridized carbons (Fsp3) is 0.227. The second-order valence-corrected chi connectivity index (χ2v) is 6.75. The number of methoxy groups -OCH3 is 1. The number of aromatic hydroxyl groups is 1. The maximum Gasteiger partial charge on any atom is 0.343 e. The Bertz CT molecular complexity index is 1040. The fourth-order valence-electron chi connectivity index (χ4n) is 3.16. The molecule has 1 heterocycles. The number of benzene rings is 1. The van der Waals surface area contributed by atoms with Crippen molar-refractivity contribution in [1.82, 2.24) is 0 Å². The van der Waals surface area contributed by atoms with Crippen LogP contribution >= 0.6 is 0 Å². The highest BCUT2D eigenvalue weighted by molar-refractivity contribution is 6.26. The molecule has 1 N–H and O–H groups in total. The number of phenolic OH excluding ortho intramolecular Hbond substituents is 1. The molecule has 29 heavy (non-hydrogen) atoms. The molecule has 1 aromatic carbocycles. The molecule has 0 unspecified atom stereocenters. The second kappa shape index (κ2) is 7.43. The van der Waals surface area contributed by atoms with Gasteiger partial charge in [0.15, 0.2) is 0 Å². The van der Waals surface area contributed by atoms with Crippen LogP contribution in [0.5, 0.6) is 11.5 Å². The van der Waals surface area contributed by atoms with Gasteiger partial charge in [-0.25, -0.2) is 4.79 Å². The van der Waals surface area contributed by atoms with E-state index in [2.05, 4.69) is 0 Å². The summed E-state index contributed by atoms with van der Waals surface area (Å²) in [5, 5.41) is 9.70. The van der Waals surface area contributed by atoms with Gasteiger partial charge in [-0.2, -0.15) is 0 Å². The van der Waals surface area contributed by atoms with Crippen LogP contribution in [-0.4, -0.2) is 35.4 Å². The van der Waals surface area contributed by atoms with Gasteiger partial charge in [0, 0.05) is 6.07 Å². The molecule has 1 atom stereocenters. The first kappa shape index (κ1) is 20.1. The molecule has 1 aromatic rings. The summed E-state index contributed by atoms with van der Waals surface area (Å²) in [6.07, 6.45) is 7.52. The number of ketones is 2. The number of phenols is 1. The number of hydrogen-bond donors (Lipinski definition) is 1. The maximum atomic E-state index is 13.0. The Morgan fingerprint density at radius 1 is 1.24 bits per heavy atom. The number of fused-ring (bicyclic) bond motifs is 1.